The monoisotopic (exact) mass is 538 g/mol. The van der Waals surface area contributed by atoms with E-state index in [2.05, 4.69) is 26.9 Å². The third-order valence-corrected chi connectivity index (χ3v) is 6.95. The van der Waals surface area contributed by atoms with E-state index in [1.807, 2.05) is 35.2 Å². The molecule has 1 saturated heterocycles. The van der Waals surface area contributed by atoms with E-state index >= 15 is 0 Å². The average Bonchev–Trinajstić information content (AvgIpc) is 2.98. The second-order valence-electron chi connectivity index (χ2n) is 9.52. The van der Waals surface area contributed by atoms with Crippen LogP contribution in [0.2, 0.25) is 0 Å². The molecule has 1 saturated carbocycles. The van der Waals surface area contributed by atoms with Gasteiger partial charge in [-0.25, -0.2) is 14.6 Å². The van der Waals surface area contributed by atoms with Gasteiger partial charge >= 0.3 is 11.9 Å². The van der Waals surface area contributed by atoms with Crippen molar-refractivity contribution in [1.82, 2.24) is 9.88 Å². The highest BCUT2D eigenvalue weighted by atomic mass is 16.5. The number of amides is 1. The predicted molar refractivity (Wildman–Crippen MR) is 149 cm³/mol. The number of carbonyl (C=O) groups is 3. The number of carboxylic acid groups (broad SMARTS) is 2. The van der Waals surface area contributed by atoms with Gasteiger partial charge in [-0.3, -0.25) is 14.6 Å². The Kier molecular flexibility index (Phi) is 11.8. The van der Waals surface area contributed by atoms with Crippen LogP contribution in [0.25, 0.3) is 0 Å². The number of para-hydroxylation sites is 2. The summed E-state index contributed by atoms with van der Waals surface area (Å²) in [5, 5.41) is 15.6. The van der Waals surface area contributed by atoms with Crippen LogP contribution in [0.1, 0.15) is 32.1 Å². The Morgan fingerprint density at radius 2 is 1.59 bits per heavy atom. The van der Waals surface area contributed by atoms with Gasteiger partial charge in [0.15, 0.2) is 0 Å². The molecule has 0 spiro atoms. The Bertz CT molecular complexity index is 1080. The van der Waals surface area contributed by atoms with Crippen LogP contribution in [0.4, 0.5) is 11.5 Å². The first-order valence-electron chi connectivity index (χ1n) is 13.4. The lowest BCUT2D eigenvalue weighted by atomic mass is 9.88. The van der Waals surface area contributed by atoms with Gasteiger partial charge in [-0.2, -0.15) is 0 Å². The van der Waals surface area contributed by atoms with E-state index in [0.29, 0.717) is 18.7 Å². The second kappa shape index (κ2) is 15.5. The highest BCUT2D eigenvalue weighted by Crippen LogP contribution is 2.29. The fourth-order valence-electron chi connectivity index (χ4n) is 4.91. The lowest BCUT2D eigenvalue weighted by Crippen LogP contribution is -2.50. The summed E-state index contributed by atoms with van der Waals surface area (Å²) < 4.78 is 5.53. The van der Waals surface area contributed by atoms with Crippen LogP contribution in [0.5, 0.6) is 5.75 Å². The fraction of sp³-hybridized carbons (Fsp3) is 0.448. The standard InChI is InChI=1S/C25H34N4O2.C4H4O4/c1-31-23-12-6-5-11-22(23)28-18-15-27(16-19-28)17-20-29(24-13-7-8-14-26-24)25(30)21-9-3-2-4-10-21;5-3(6)1-2-4(7)8/h5-8,11-14,21H,2-4,9-10,15-20H2,1H3;1-2H,(H,5,6)(H,7,8)/b;2-1-. The van der Waals surface area contributed by atoms with Crippen LogP contribution in [-0.4, -0.2) is 84.3 Å². The van der Waals surface area contributed by atoms with Crippen LogP contribution in [0, 0.1) is 5.92 Å². The van der Waals surface area contributed by atoms with Crippen molar-refractivity contribution in [2.75, 3.05) is 56.2 Å². The minimum Gasteiger partial charge on any atom is -0.495 e. The van der Waals surface area contributed by atoms with Crippen molar-refractivity contribution in [3.8, 4) is 5.75 Å². The number of anilines is 2. The molecule has 4 rings (SSSR count). The molecule has 210 valence electrons. The molecule has 10 heteroatoms. The summed E-state index contributed by atoms with van der Waals surface area (Å²) in [7, 11) is 1.73. The van der Waals surface area contributed by atoms with Gasteiger partial charge in [-0.1, -0.05) is 37.5 Å². The molecule has 39 heavy (non-hydrogen) atoms. The van der Waals surface area contributed by atoms with E-state index in [9.17, 15) is 14.4 Å². The summed E-state index contributed by atoms with van der Waals surface area (Å²) >= 11 is 0. The number of hydrogen-bond acceptors (Lipinski definition) is 7. The highest BCUT2D eigenvalue weighted by Gasteiger charge is 2.28. The first-order valence-corrected chi connectivity index (χ1v) is 13.4. The summed E-state index contributed by atoms with van der Waals surface area (Å²) in [4.78, 5) is 43.7. The molecule has 2 N–H and O–H groups in total. The number of rotatable bonds is 9. The van der Waals surface area contributed by atoms with E-state index in [-0.39, 0.29) is 11.8 Å². The normalized spacial score (nSPS) is 16.3. The average molecular weight is 539 g/mol. The number of aromatic nitrogens is 1. The number of benzene rings is 1. The maximum atomic E-state index is 13.3. The van der Waals surface area contributed by atoms with Gasteiger partial charge in [-0.05, 0) is 37.1 Å². The van der Waals surface area contributed by atoms with Crippen LogP contribution in [0.15, 0.2) is 60.8 Å². The van der Waals surface area contributed by atoms with Gasteiger partial charge in [-0.15, -0.1) is 0 Å². The zero-order valence-electron chi connectivity index (χ0n) is 22.4. The summed E-state index contributed by atoms with van der Waals surface area (Å²) in [5.74, 6) is -0.398. The van der Waals surface area contributed by atoms with E-state index in [1.165, 1.54) is 6.42 Å². The van der Waals surface area contributed by atoms with E-state index in [4.69, 9.17) is 14.9 Å². The molecule has 2 aromatic rings. The number of piperazine rings is 1. The molecule has 1 amide bonds. The van der Waals surface area contributed by atoms with Gasteiger partial charge in [0.2, 0.25) is 5.91 Å². The summed E-state index contributed by atoms with van der Waals surface area (Å²) in [5.41, 5.74) is 1.16. The Balaban J connectivity index is 0.000000459. The zero-order chi connectivity index (χ0) is 28.0. The summed E-state index contributed by atoms with van der Waals surface area (Å²) in [6.45, 7) is 5.44. The van der Waals surface area contributed by atoms with Crippen molar-refractivity contribution in [3.05, 3.63) is 60.8 Å². The smallest absolute Gasteiger partial charge is 0.328 e. The Hall–Kier alpha value is -3.92. The molecule has 1 aliphatic carbocycles. The van der Waals surface area contributed by atoms with Gasteiger partial charge < -0.3 is 19.8 Å². The molecule has 2 aliphatic rings. The molecule has 2 heterocycles. The molecule has 0 atom stereocenters. The number of methoxy groups -OCH3 is 1. The molecule has 0 unspecified atom stereocenters. The topological polar surface area (TPSA) is 124 Å². The molecule has 0 bridgehead atoms. The molecule has 1 aromatic heterocycles. The van der Waals surface area contributed by atoms with Crippen LogP contribution < -0.4 is 14.5 Å². The first kappa shape index (κ1) is 29.6. The quantitative estimate of drug-likeness (QED) is 0.462. The summed E-state index contributed by atoms with van der Waals surface area (Å²) in [6.07, 6.45) is 8.51. The number of ether oxygens (including phenoxy) is 1. The lowest BCUT2D eigenvalue weighted by molar-refractivity contribution is -0.134. The molecule has 2 fully saturated rings. The fourth-order valence-corrected chi connectivity index (χ4v) is 4.91. The molecular formula is C29H38N4O6. The number of carboxylic acids is 2. The van der Waals surface area contributed by atoms with Gasteiger partial charge in [0, 0.05) is 63.5 Å². The Morgan fingerprint density at radius 3 is 2.18 bits per heavy atom. The zero-order valence-corrected chi connectivity index (χ0v) is 22.4. The lowest BCUT2D eigenvalue weighted by Gasteiger charge is -2.37. The largest absolute Gasteiger partial charge is 0.495 e. The number of nitrogens with zero attached hydrogens (tertiary/aromatic N) is 4. The molecule has 1 aliphatic heterocycles. The van der Waals surface area contributed by atoms with Crippen molar-refractivity contribution in [1.29, 1.82) is 0 Å². The molecular weight excluding hydrogens is 500 g/mol. The first-order chi connectivity index (χ1) is 18.9. The number of hydrogen-bond donors (Lipinski definition) is 2. The minimum absolute atomic E-state index is 0.151. The van der Waals surface area contributed by atoms with Crippen molar-refractivity contribution in [3.63, 3.8) is 0 Å². The maximum Gasteiger partial charge on any atom is 0.328 e. The van der Waals surface area contributed by atoms with Crippen molar-refractivity contribution >= 4 is 29.4 Å². The highest BCUT2D eigenvalue weighted by molar-refractivity contribution is 5.94. The van der Waals surface area contributed by atoms with Crippen LogP contribution in [-0.2, 0) is 14.4 Å². The second-order valence-corrected chi connectivity index (χ2v) is 9.52. The number of pyridine rings is 1. The number of aliphatic carboxylic acids is 2. The van der Waals surface area contributed by atoms with E-state index in [0.717, 1.165) is 75.7 Å². The van der Waals surface area contributed by atoms with Gasteiger partial charge in [0.05, 0.1) is 12.8 Å². The van der Waals surface area contributed by atoms with Crippen LogP contribution in [0.3, 0.4) is 0 Å². The summed E-state index contributed by atoms with van der Waals surface area (Å²) in [6, 6.07) is 14.0. The van der Waals surface area contributed by atoms with Crippen molar-refractivity contribution in [2.45, 2.75) is 32.1 Å². The van der Waals surface area contributed by atoms with E-state index in [1.54, 1.807) is 13.3 Å². The van der Waals surface area contributed by atoms with Crippen molar-refractivity contribution in [2.24, 2.45) is 5.92 Å². The molecule has 10 nitrogen and oxygen atoms in total. The molecule has 0 radical (unpaired) electrons. The van der Waals surface area contributed by atoms with E-state index < -0.39 is 11.9 Å². The van der Waals surface area contributed by atoms with Gasteiger partial charge in [0.1, 0.15) is 11.6 Å². The third kappa shape index (κ3) is 9.40. The Morgan fingerprint density at radius 1 is 0.949 bits per heavy atom. The Labute approximate surface area is 229 Å². The van der Waals surface area contributed by atoms with Gasteiger partial charge in [0.25, 0.3) is 0 Å². The van der Waals surface area contributed by atoms with Crippen LogP contribution >= 0.6 is 0 Å². The predicted octanol–water partition coefficient (Wildman–Crippen LogP) is 3.54. The third-order valence-electron chi connectivity index (χ3n) is 6.95. The SMILES string of the molecule is COc1ccccc1N1CCN(CCN(C(=O)C2CCCCC2)c2ccccn2)CC1.O=C(O)/C=C\C(=O)O. The maximum absolute atomic E-state index is 13.3. The minimum atomic E-state index is -1.26. The van der Waals surface area contributed by atoms with Crippen molar-refractivity contribution < 1.29 is 29.3 Å². The number of carbonyl (C=O) groups excluding carboxylic acids is 1. The molecule has 1 aromatic carbocycles.